The van der Waals surface area contributed by atoms with E-state index < -0.39 is 35.2 Å². The number of ether oxygens (including phenoxy) is 1. The van der Waals surface area contributed by atoms with Gasteiger partial charge in [-0.3, -0.25) is 24.8 Å². The first-order valence-electron chi connectivity index (χ1n) is 10.9. The standard InChI is InChI=1S/C22H21F4N7O3S/c1-31-7-9-32(10-8-31)13-18(34)33(26)17-11-15(36-22(23,24)25)4-5-16(17)19(35)28-21-30-29-20(37-21)14-3-2-6-27-12-14/h2-6,11-12H,7-10,13H2,1H3,(H,28,30,35). The van der Waals surface area contributed by atoms with Crippen molar-refractivity contribution in [1.82, 2.24) is 25.0 Å². The van der Waals surface area contributed by atoms with Crippen LogP contribution in [0.25, 0.3) is 10.6 Å². The molecule has 0 bridgehead atoms. The van der Waals surface area contributed by atoms with E-state index in [1.54, 1.807) is 29.4 Å². The molecule has 3 heterocycles. The first-order chi connectivity index (χ1) is 17.6. The number of pyridine rings is 1. The van der Waals surface area contributed by atoms with Gasteiger partial charge in [0.2, 0.25) is 5.13 Å². The summed E-state index contributed by atoms with van der Waals surface area (Å²) in [5.41, 5.74) is -0.448. The molecule has 0 radical (unpaired) electrons. The van der Waals surface area contributed by atoms with E-state index in [0.717, 1.165) is 23.5 Å². The topological polar surface area (TPSA) is 104 Å². The van der Waals surface area contributed by atoms with Crippen LogP contribution in [0.5, 0.6) is 5.75 Å². The van der Waals surface area contributed by atoms with Crippen molar-refractivity contribution in [1.29, 1.82) is 0 Å². The second kappa shape index (κ2) is 11.1. The quantitative estimate of drug-likeness (QED) is 0.361. The van der Waals surface area contributed by atoms with E-state index in [4.69, 9.17) is 0 Å². The summed E-state index contributed by atoms with van der Waals surface area (Å²) in [4.78, 5) is 33.4. The van der Waals surface area contributed by atoms with Crippen LogP contribution in [0.15, 0.2) is 42.7 Å². The number of alkyl halides is 3. The maximum absolute atomic E-state index is 15.3. The number of benzene rings is 1. The van der Waals surface area contributed by atoms with Gasteiger partial charge in [0.05, 0.1) is 17.8 Å². The summed E-state index contributed by atoms with van der Waals surface area (Å²) in [7, 11) is 1.91. The normalized spacial score (nSPS) is 14.8. The Morgan fingerprint density at radius 3 is 2.59 bits per heavy atom. The lowest BCUT2D eigenvalue weighted by Crippen LogP contribution is -2.48. The number of piperazine rings is 1. The lowest BCUT2D eigenvalue weighted by molar-refractivity contribution is -0.274. The molecule has 1 N–H and O–H groups in total. The minimum atomic E-state index is -5.05. The number of carbonyl (C=O) groups is 2. The molecule has 1 aromatic carbocycles. The summed E-state index contributed by atoms with van der Waals surface area (Å²) in [6.07, 6.45) is -1.92. The van der Waals surface area contributed by atoms with Gasteiger partial charge in [-0.05, 0) is 31.3 Å². The number of aromatic nitrogens is 3. The highest BCUT2D eigenvalue weighted by Crippen LogP contribution is 2.32. The van der Waals surface area contributed by atoms with Crippen LogP contribution in [0.3, 0.4) is 0 Å². The third kappa shape index (κ3) is 6.96. The Morgan fingerprint density at radius 1 is 1.16 bits per heavy atom. The average molecular weight is 540 g/mol. The van der Waals surface area contributed by atoms with Crippen molar-refractivity contribution in [3.63, 3.8) is 0 Å². The molecule has 1 aliphatic rings. The van der Waals surface area contributed by atoms with E-state index in [9.17, 15) is 22.8 Å². The zero-order valence-electron chi connectivity index (χ0n) is 19.4. The van der Waals surface area contributed by atoms with Crippen LogP contribution >= 0.6 is 11.3 Å². The molecule has 15 heteroatoms. The van der Waals surface area contributed by atoms with Gasteiger partial charge >= 0.3 is 6.36 Å². The van der Waals surface area contributed by atoms with Gasteiger partial charge in [-0.2, -0.15) is 0 Å². The molecule has 0 saturated carbocycles. The molecule has 1 aliphatic heterocycles. The molecule has 0 atom stereocenters. The van der Waals surface area contributed by atoms with Gasteiger partial charge in [-0.1, -0.05) is 15.8 Å². The van der Waals surface area contributed by atoms with Crippen LogP contribution in [0.4, 0.5) is 28.5 Å². The van der Waals surface area contributed by atoms with Gasteiger partial charge < -0.3 is 9.64 Å². The SMILES string of the molecule is CN1CCN(CC(=O)N(F)c2cc(OC(F)(F)F)ccc2C(=O)Nc2nnc(-c3cccnc3)s2)CC1. The van der Waals surface area contributed by atoms with E-state index >= 15 is 4.48 Å². The summed E-state index contributed by atoms with van der Waals surface area (Å²) in [6.45, 7) is 2.05. The molecule has 37 heavy (non-hydrogen) atoms. The van der Waals surface area contributed by atoms with E-state index in [0.29, 0.717) is 42.8 Å². The van der Waals surface area contributed by atoms with Crippen LogP contribution < -0.4 is 15.2 Å². The Labute approximate surface area is 212 Å². The summed E-state index contributed by atoms with van der Waals surface area (Å²) >= 11 is 1.01. The van der Waals surface area contributed by atoms with E-state index in [1.807, 2.05) is 11.9 Å². The number of carbonyl (C=O) groups excluding carboxylic acids is 2. The van der Waals surface area contributed by atoms with Crippen molar-refractivity contribution < 1.29 is 32.0 Å². The van der Waals surface area contributed by atoms with Crippen molar-refractivity contribution in [3.8, 4) is 16.3 Å². The van der Waals surface area contributed by atoms with Gasteiger partial charge in [0, 0.05) is 50.2 Å². The molecule has 2 amide bonds. The summed E-state index contributed by atoms with van der Waals surface area (Å²) < 4.78 is 57.4. The minimum Gasteiger partial charge on any atom is -0.406 e. The van der Waals surface area contributed by atoms with Crippen molar-refractivity contribution in [3.05, 3.63) is 48.3 Å². The number of anilines is 2. The van der Waals surface area contributed by atoms with Crippen molar-refractivity contribution in [2.75, 3.05) is 50.2 Å². The van der Waals surface area contributed by atoms with Crippen molar-refractivity contribution in [2.45, 2.75) is 6.36 Å². The van der Waals surface area contributed by atoms with Gasteiger partial charge in [0.15, 0.2) is 5.01 Å². The first kappa shape index (κ1) is 26.4. The minimum absolute atomic E-state index is 0.0552. The Hall–Kier alpha value is -3.69. The predicted molar refractivity (Wildman–Crippen MR) is 127 cm³/mol. The van der Waals surface area contributed by atoms with Gasteiger partial charge in [-0.25, -0.2) is 0 Å². The fourth-order valence-electron chi connectivity index (χ4n) is 3.50. The first-order valence-corrected chi connectivity index (χ1v) is 11.8. The highest BCUT2D eigenvalue weighted by molar-refractivity contribution is 7.18. The van der Waals surface area contributed by atoms with Crippen LogP contribution in [-0.2, 0) is 4.79 Å². The van der Waals surface area contributed by atoms with Gasteiger partial charge in [0.1, 0.15) is 5.75 Å². The monoisotopic (exact) mass is 539 g/mol. The molecule has 0 spiro atoms. The Balaban J connectivity index is 1.56. The van der Waals surface area contributed by atoms with E-state index in [1.165, 1.54) is 0 Å². The van der Waals surface area contributed by atoms with Crippen LogP contribution in [-0.4, -0.2) is 82.9 Å². The number of hydrogen-bond acceptors (Lipinski definition) is 9. The Bertz CT molecular complexity index is 1250. The molecule has 0 aliphatic carbocycles. The van der Waals surface area contributed by atoms with Gasteiger partial charge in [0.25, 0.3) is 11.8 Å². The Morgan fingerprint density at radius 2 is 1.92 bits per heavy atom. The maximum atomic E-state index is 15.3. The summed E-state index contributed by atoms with van der Waals surface area (Å²) in [5, 5.41) is 10.4. The van der Waals surface area contributed by atoms with Crippen molar-refractivity contribution in [2.24, 2.45) is 0 Å². The van der Waals surface area contributed by atoms with E-state index in [-0.39, 0.29) is 16.8 Å². The number of hydrogen-bond donors (Lipinski definition) is 1. The van der Waals surface area contributed by atoms with Crippen LogP contribution in [0, 0.1) is 0 Å². The zero-order chi connectivity index (χ0) is 26.6. The fourth-order valence-corrected chi connectivity index (χ4v) is 4.23. The molecular formula is C22H21F4N7O3S. The molecule has 1 fully saturated rings. The molecule has 1 saturated heterocycles. The molecule has 4 rings (SSSR count). The molecule has 10 nitrogen and oxygen atoms in total. The Kier molecular flexibility index (Phi) is 7.94. The second-order valence-corrected chi connectivity index (χ2v) is 9.07. The molecule has 0 unspecified atom stereocenters. The lowest BCUT2D eigenvalue weighted by Gasteiger charge is -2.32. The highest BCUT2D eigenvalue weighted by Gasteiger charge is 2.33. The average Bonchev–Trinajstić information content (AvgIpc) is 3.33. The number of halogens is 4. The number of likely N-dealkylation sites (N-methyl/N-ethyl adjacent to an activating group) is 1. The number of nitrogens with zero attached hydrogens (tertiary/aromatic N) is 6. The van der Waals surface area contributed by atoms with Crippen molar-refractivity contribution >= 4 is 34.0 Å². The van der Waals surface area contributed by atoms with Crippen LogP contribution in [0.2, 0.25) is 0 Å². The van der Waals surface area contributed by atoms with Crippen LogP contribution in [0.1, 0.15) is 10.4 Å². The molecule has 3 aromatic rings. The summed E-state index contributed by atoms with van der Waals surface area (Å²) in [5.74, 6) is -2.74. The smallest absolute Gasteiger partial charge is 0.406 e. The number of rotatable bonds is 7. The largest absolute Gasteiger partial charge is 0.573 e. The third-order valence-corrected chi connectivity index (χ3v) is 6.27. The van der Waals surface area contributed by atoms with Gasteiger partial charge in [-0.15, -0.1) is 28.5 Å². The maximum Gasteiger partial charge on any atom is 0.573 e. The number of nitrogens with one attached hydrogen (secondary N) is 1. The highest BCUT2D eigenvalue weighted by atomic mass is 32.1. The van der Waals surface area contributed by atoms with E-state index in [2.05, 4.69) is 25.2 Å². The number of amides is 2. The molecule has 2 aromatic heterocycles. The summed E-state index contributed by atoms with van der Waals surface area (Å²) in [6, 6.07) is 5.87. The lowest BCUT2D eigenvalue weighted by atomic mass is 10.1. The predicted octanol–water partition coefficient (Wildman–Crippen LogP) is 3.22. The second-order valence-electron chi connectivity index (χ2n) is 8.09. The molecule has 196 valence electrons. The molecular weight excluding hydrogens is 518 g/mol. The third-order valence-electron chi connectivity index (χ3n) is 5.39. The zero-order valence-corrected chi connectivity index (χ0v) is 20.2. The fraction of sp³-hybridized carbons (Fsp3) is 0.318.